The molecule has 0 N–H and O–H groups in total. The summed E-state index contributed by atoms with van der Waals surface area (Å²) in [5, 5.41) is 0. The quantitative estimate of drug-likeness (QED) is 0.510. The fraction of sp³-hybridized carbons (Fsp3) is 0.261. The number of aromatic nitrogens is 4. The van der Waals surface area contributed by atoms with Gasteiger partial charge in [-0.05, 0) is 36.8 Å². The smallest absolute Gasteiger partial charge is 0.332 e. The molecule has 0 bridgehead atoms. The maximum atomic E-state index is 12.7. The highest BCUT2D eigenvalue weighted by molar-refractivity contribution is 5.77. The van der Waals surface area contributed by atoms with Crippen molar-refractivity contribution in [2.75, 3.05) is 11.4 Å². The van der Waals surface area contributed by atoms with Gasteiger partial charge in [-0.15, -0.1) is 0 Å². The Labute approximate surface area is 178 Å². The number of hydrogen-bond acceptors (Lipinski definition) is 5. The summed E-state index contributed by atoms with van der Waals surface area (Å²) in [6.07, 6.45) is 0. The fourth-order valence-corrected chi connectivity index (χ4v) is 3.97. The molecule has 0 unspecified atom stereocenters. The molecule has 0 fully saturated rings. The van der Waals surface area contributed by atoms with E-state index < -0.39 is 0 Å². The highest BCUT2D eigenvalue weighted by Crippen LogP contribution is 2.32. The normalized spacial score (nSPS) is 13.1. The molecule has 1 aliphatic heterocycles. The number of fused-ring (bicyclic) bond motifs is 3. The third kappa shape index (κ3) is 3.11. The Hall–Kier alpha value is -3.81. The maximum Gasteiger partial charge on any atom is 0.332 e. The summed E-state index contributed by atoms with van der Waals surface area (Å²) in [6.45, 7) is 3.91. The molecule has 0 saturated carbocycles. The average molecular weight is 417 g/mol. The molecule has 0 amide bonds. The van der Waals surface area contributed by atoms with E-state index in [4.69, 9.17) is 4.74 Å². The van der Waals surface area contributed by atoms with Gasteiger partial charge in [0.15, 0.2) is 11.2 Å². The summed E-state index contributed by atoms with van der Waals surface area (Å²) < 4.78 is 10.3. The van der Waals surface area contributed by atoms with Gasteiger partial charge in [0, 0.05) is 32.9 Å². The summed E-state index contributed by atoms with van der Waals surface area (Å²) in [4.78, 5) is 31.6. The Bertz CT molecular complexity index is 1400. The third-order valence-electron chi connectivity index (χ3n) is 5.79. The van der Waals surface area contributed by atoms with E-state index in [1.54, 1.807) is 7.05 Å². The van der Waals surface area contributed by atoms with Gasteiger partial charge in [0.2, 0.25) is 5.95 Å². The van der Waals surface area contributed by atoms with Gasteiger partial charge in [-0.2, -0.15) is 4.98 Å². The molecule has 5 rings (SSSR count). The third-order valence-corrected chi connectivity index (χ3v) is 5.79. The number of ether oxygens (including phenoxy) is 1. The van der Waals surface area contributed by atoms with Crippen molar-refractivity contribution in [1.82, 2.24) is 18.7 Å². The van der Waals surface area contributed by atoms with E-state index in [2.05, 4.69) is 36.2 Å². The van der Waals surface area contributed by atoms with Crippen LogP contribution in [-0.2, 0) is 27.2 Å². The molecule has 0 aliphatic carbocycles. The van der Waals surface area contributed by atoms with Crippen molar-refractivity contribution in [2.24, 2.45) is 14.1 Å². The molecule has 2 aromatic heterocycles. The monoisotopic (exact) mass is 417 g/mol. The number of hydrogen-bond donors (Lipinski definition) is 0. The van der Waals surface area contributed by atoms with E-state index in [1.807, 2.05) is 33.7 Å². The van der Waals surface area contributed by atoms with Crippen molar-refractivity contribution in [3.8, 4) is 5.75 Å². The molecule has 3 heterocycles. The van der Waals surface area contributed by atoms with Crippen LogP contribution in [0.3, 0.4) is 0 Å². The molecule has 2 aromatic carbocycles. The first kappa shape index (κ1) is 19.2. The van der Waals surface area contributed by atoms with Crippen LogP contribution in [0.1, 0.15) is 11.1 Å². The second-order valence-electron chi connectivity index (χ2n) is 7.86. The summed E-state index contributed by atoms with van der Waals surface area (Å²) in [6, 6.07) is 16.1. The lowest BCUT2D eigenvalue weighted by Gasteiger charge is -2.16. The van der Waals surface area contributed by atoms with Crippen molar-refractivity contribution in [3.05, 3.63) is 80.5 Å². The Morgan fingerprint density at radius 3 is 2.35 bits per heavy atom. The second kappa shape index (κ2) is 7.16. The van der Waals surface area contributed by atoms with Gasteiger partial charge in [0.25, 0.3) is 5.56 Å². The van der Waals surface area contributed by atoms with Gasteiger partial charge < -0.3 is 14.2 Å². The predicted molar refractivity (Wildman–Crippen MR) is 119 cm³/mol. The number of aryl methyl sites for hydroxylation is 2. The number of imidazole rings is 1. The van der Waals surface area contributed by atoms with Gasteiger partial charge in [-0.1, -0.05) is 29.8 Å². The number of anilines is 2. The van der Waals surface area contributed by atoms with Gasteiger partial charge in [0.05, 0.1) is 0 Å². The summed E-state index contributed by atoms with van der Waals surface area (Å²) in [5.41, 5.74) is 3.47. The van der Waals surface area contributed by atoms with Crippen LogP contribution >= 0.6 is 0 Å². The van der Waals surface area contributed by atoms with Crippen LogP contribution < -0.4 is 20.9 Å². The van der Waals surface area contributed by atoms with Crippen molar-refractivity contribution < 1.29 is 4.74 Å². The van der Waals surface area contributed by atoms with Crippen LogP contribution in [0.4, 0.5) is 11.6 Å². The summed E-state index contributed by atoms with van der Waals surface area (Å²) >= 11 is 0. The zero-order valence-corrected chi connectivity index (χ0v) is 17.7. The SMILES string of the molecule is Cc1ccc(COc2ccc(N3CCn4c3nc3c4c(=O)n(C)c(=O)n3C)cc2)cc1. The Kier molecular flexibility index (Phi) is 4.43. The zero-order valence-electron chi connectivity index (χ0n) is 17.7. The van der Waals surface area contributed by atoms with E-state index in [0.717, 1.165) is 21.6 Å². The van der Waals surface area contributed by atoms with Crippen molar-refractivity contribution >= 4 is 22.8 Å². The molecular formula is C23H23N5O3. The largest absolute Gasteiger partial charge is 0.489 e. The first-order valence-electron chi connectivity index (χ1n) is 10.2. The topological polar surface area (TPSA) is 74.3 Å². The van der Waals surface area contributed by atoms with Gasteiger partial charge >= 0.3 is 5.69 Å². The molecule has 0 radical (unpaired) electrons. The van der Waals surface area contributed by atoms with Crippen LogP contribution in [0.5, 0.6) is 5.75 Å². The summed E-state index contributed by atoms with van der Waals surface area (Å²) in [5.74, 6) is 1.45. The van der Waals surface area contributed by atoms with Crippen molar-refractivity contribution in [1.29, 1.82) is 0 Å². The average Bonchev–Trinajstić information content (AvgIpc) is 3.36. The molecule has 31 heavy (non-hydrogen) atoms. The van der Waals surface area contributed by atoms with Gasteiger partial charge in [-0.3, -0.25) is 13.9 Å². The number of rotatable bonds is 4. The van der Waals surface area contributed by atoms with Crippen LogP contribution in [0.15, 0.2) is 58.1 Å². The molecular weight excluding hydrogens is 394 g/mol. The lowest BCUT2D eigenvalue weighted by Crippen LogP contribution is -2.37. The maximum absolute atomic E-state index is 12.7. The fourth-order valence-electron chi connectivity index (χ4n) is 3.97. The minimum absolute atomic E-state index is 0.321. The predicted octanol–water partition coefficient (Wildman–Crippen LogP) is 2.47. The zero-order chi connectivity index (χ0) is 21.7. The molecule has 0 saturated heterocycles. The van der Waals surface area contributed by atoms with Crippen molar-refractivity contribution in [2.45, 2.75) is 20.1 Å². The molecule has 8 heteroatoms. The Balaban J connectivity index is 1.42. The lowest BCUT2D eigenvalue weighted by atomic mass is 10.2. The molecule has 1 aliphatic rings. The molecule has 0 spiro atoms. The molecule has 4 aromatic rings. The molecule has 0 atom stereocenters. The first-order valence-corrected chi connectivity index (χ1v) is 10.2. The van der Waals surface area contributed by atoms with Crippen LogP contribution in [-0.4, -0.2) is 25.2 Å². The Morgan fingerprint density at radius 1 is 0.935 bits per heavy atom. The first-order chi connectivity index (χ1) is 14.9. The van der Waals surface area contributed by atoms with Crippen LogP contribution in [0.25, 0.3) is 11.2 Å². The minimum Gasteiger partial charge on any atom is -0.489 e. The molecule has 8 nitrogen and oxygen atoms in total. The standard InChI is InChI=1S/C23H23N5O3/c1-15-4-6-16(7-5-15)14-31-18-10-8-17(9-11-18)27-12-13-28-19-20(24-22(27)28)25(2)23(30)26(3)21(19)29/h4-11H,12-14H2,1-3H3. The van der Waals surface area contributed by atoms with E-state index in [9.17, 15) is 9.59 Å². The van der Waals surface area contributed by atoms with E-state index in [1.165, 1.54) is 17.2 Å². The highest BCUT2D eigenvalue weighted by atomic mass is 16.5. The van der Waals surface area contributed by atoms with Crippen LogP contribution in [0.2, 0.25) is 0 Å². The van der Waals surface area contributed by atoms with Gasteiger partial charge in [0.1, 0.15) is 12.4 Å². The van der Waals surface area contributed by atoms with E-state index >= 15 is 0 Å². The summed E-state index contributed by atoms with van der Waals surface area (Å²) in [7, 11) is 3.13. The van der Waals surface area contributed by atoms with E-state index in [0.29, 0.717) is 36.8 Å². The number of benzene rings is 2. The van der Waals surface area contributed by atoms with Crippen LogP contribution in [0, 0.1) is 6.92 Å². The number of nitrogens with zero attached hydrogens (tertiary/aromatic N) is 5. The highest BCUT2D eigenvalue weighted by Gasteiger charge is 2.28. The van der Waals surface area contributed by atoms with Crippen molar-refractivity contribution in [3.63, 3.8) is 0 Å². The Morgan fingerprint density at radius 2 is 1.65 bits per heavy atom. The lowest BCUT2D eigenvalue weighted by molar-refractivity contribution is 0.306. The molecule has 158 valence electrons. The van der Waals surface area contributed by atoms with E-state index in [-0.39, 0.29) is 11.2 Å². The second-order valence-corrected chi connectivity index (χ2v) is 7.86. The van der Waals surface area contributed by atoms with Gasteiger partial charge in [-0.25, -0.2) is 4.79 Å². The minimum atomic E-state index is -0.379.